The lowest BCUT2D eigenvalue weighted by Crippen LogP contribution is -2.36. The van der Waals surface area contributed by atoms with Gasteiger partial charge in [0.2, 0.25) is 5.91 Å². The highest BCUT2D eigenvalue weighted by atomic mass is 16.2. The average Bonchev–Trinajstić information content (AvgIpc) is 3.24. The van der Waals surface area contributed by atoms with E-state index in [2.05, 4.69) is 25.9 Å². The van der Waals surface area contributed by atoms with Crippen molar-refractivity contribution in [3.8, 4) is 5.69 Å². The molecule has 0 saturated carbocycles. The largest absolute Gasteiger partial charge is 0.321 e. The summed E-state index contributed by atoms with van der Waals surface area (Å²) in [5, 5.41) is 19.7. The molecule has 9 heteroatoms. The van der Waals surface area contributed by atoms with E-state index < -0.39 is 0 Å². The third-order valence-electron chi connectivity index (χ3n) is 4.69. The van der Waals surface area contributed by atoms with Gasteiger partial charge in [-0.15, -0.1) is 5.10 Å². The summed E-state index contributed by atoms with van der Waals surface area (Å²) in [4.78, 5) is 25.2. The Kier molecular flexibility index (Phi) is 4.86. The lowest BCUT2D eigenvalue weighted by atomic mass is 10.1. The zero-order chi connectivity index (χ0) is 20.4. The molecule has 1 aliphatic rings. The zero-order valence-electron chi connectivity index (χ0n) is 16.0. The van der Waals surface area contributed by atoms with Crippen molar-refractivity contribution < 1.29 is 9.59 Å². The SMILES string of the molecule is Cc1cccc(N2N=C(C(=O)Nc3cccc(-n4cnnn4)c3C)CCC2=O)c1. The van der Waals surface area contributed by atoms with E-state index in [0.29, 0.717) is 23.5 Å². The minimum absolute atomic E-state index is 0.135. The molecule has 1 N–H and O–H groups in total. The Labute approximate surface area is 167 Å². The van der Waals surface area contributed by atoms with Crippen LogP contribution in [0.4, 0.5) is 11.4 Å². The van der Waals surface area contributed by atoms with Gasteiger partial charge in [-0.25, -0.2) is 9.69 Å². The smallest absolute Gasteiger partial charge is 0.271 e. The molecule has 1 aromatic heterocycles. The van der Waals surface area contributed by atoms with E-state index in [1.807, 2.05) is 44.2 Å². The number of hydrazone groups is 1. The highest BCUT2D eigenvalue weighted by Crippen LogP contribution is 2.24. The molecule has 0 atom stereocenters. The van der Waals surface area contributed by atoms with Gasteiger partial charge in [-0.3, -0.25) is 9.59 Å². The van der Waals surface area contributed by atoms with Crippen molar-refractivity contribution in [1.29, 1.82) is 0 Å². The summed E-state index contributed by atoms with van der Waals surface area (Å²) in [7, 11) is 0. The van der Waals surface area contributed by atoms with Crippen LogP contribution in [0.15, 0.2) is 53.9 Å². The number of hydrogen-bond donors (Lipinski definition) is 1. The summed E-state index contributed by atoms with van der Waals surface area (Å²) in [5.74, 6) is -0.476. The van der Waals surface area contributed by atoms with Crippen LogP contribution in [0, 0.1) is 13.8 Å². The maximum absolute atomic E-state index is 12.8. The van der Waals surface area contributed by atoms with Gasteiger partial charge in [0.1, 0.15) is 12.0 Å². The monoisotopic (exact) mass is 389 g/mol. The summed E-state index contributed by atoms with van der Waals surface area (Å²) < 4.78 is 1.53. The predicted molar refractivity (Wildman–Crippen MR) is 108 cm³/mol. The summed E-state index contributed by atoms with van der Waals surface area (Å²) in [6.45, 7) is 3.81. The molecule has 0 radical (unpaired) electrons. The standard InChI is InChI=1S/C20H19N7O2/c1-13-5-3-6-15(11-13)27-19(28)10-9-17(23-27)20(29)22-16-7-4-8-18(14(16)2)26-12-21-24-25-26/h3-8,11-12H,9-10H2,1-2H3,(H,22,29). The van der Waals surface area contributed by atoms with Crippen LogP contribution in [-0.4, -0.2) is 37.7 Å². The molecule has 2 aromatic carbocycles. The lowest BCUT2D eigenvalue weighted by Gasteiger charge is -2.23. The van der Waals surface area contributed by atoms with E-state index in [0.717, 1.165) is 16.8 Å². The van der Waals surface area contributed by atoms with Crippen LogP contribution in [0.25, 0.3) is 5.69 Å². The van der Waals surface area contributed by atoms with Gasteiger partial charge in [0.15, 0.2) is 0 Å². The molecule has 9 nitrogen and oxygen atoms in total. The second-order valence-electron chi connectivity index (χ2n) is 6.75. The molecule has 0 saturated heterocycles. The third kappa shape index (κ3) is 3.75. The molecule has 0 aliphatic carbocycles. The number of nitrogens with one attached hydrogen (secondary N) is 1. The fourth-order valence-corrected chi connectivity index (χ4v) is 3.15. The van der Waals surface area contributed by atoms with Gasteiger partial charge in [0.05, 0.1) is 11.4 Å². The van der Waals surface area contributed by atoms with Crippen LogP contribution in [0.2, 0.25) is 0 Å². The van der Waals surface area contributed by atoms with Crippen LogP contribution in [0.1, 0.15) is 24.0 Å². The first-order valence-corrected chi connectivity index (χ1v) is 9.14. The van der Waals surface area contributed by atoms with Crippen molar-refractivity contribution in [3.05, 3.63) is 59.9 Å². The Bertz CT molecular complexity index is 1110. The normalized spacial score (nSPS) is 13.9. The highest BCUT2D eigenvalue weighted by molar-refractivity contribution is 6.44. The molecule has 0 unspecified atom stereocenters. The number of carbonyl (C=O) groups is 2. The first kappa shape index (κ1) is 18.5. The summed E-state index contributed by atoms with van der Waals surface area (Å²) in [6, 6.07) is 12.9. The van der Waals surface area contributed by atoms with Crippen molar-refractivity contribution in [1.82, 2.24) is 20.2 Å². The molecule has 3 aromatic rings. The minimum atomic E-state index is -0.341. The van der Waals surface area contributed by atoms with Crippen LogP contribution in [0.5, 0.6) is 0 Å². The molecule has 0 spiro atoms. The molecule has 29 heavy (non-hydrogen) atoms. The number of aryl methyl sites for hydroxylation is 1. The van der Waals surface area contributed by atoms with Gasteiger partial charge in [-0.2, -0.15) is 5.10 Å². The van der Waals surface area contributed by atoms with E-state index in [-0.39, 0.29) is 18.2 Å². The summed E-state index contributed by atoms with van der Waals surface area (Å²) in [6.07, 6.45) is 2.01. The number of benzene rings is 2. The number of carbonyl (C=O) groups excluding carboxylic acids is 2. The second-order valence-corrected chi connectivity index (χ2v) is 6.75. The zero-order valence-corrected chi connectivity index (χ0v) is 16.0. The van der Waals surface area contributed by atoms with Gasteiger partial charge in [-0.05, 0) is 59.7 Å². The van der Waals surface area contributed by atoms with Crippen molar-refractivity contribution >= 4 is 28.9 Å². The molecule has 0 bridgehead atoms. The van der Waals surface area contributed by atoms with Crippen molar-refractivity contribution in [3.63, 3.8) is 0 Å². The number of nitrogens with zero attached hydrogens (tertiary/aromatic N) is 6. The quantitative estimate of drug-likeness (QED) is 0.738. The molecule has 2 heterocycles. The number of rotatable bonds is 4. The van der Waals surface area contributed by atoms with Gasteiger partial charge in [0.25, 0.3) is 5.91 Å². The van der Waals surface area contributed by atoms with Crippen LogP contribution in [-0.2, 0) is 9.59 Å². The number of amides is 2. The van der Waals surface area contributed by atoms with E-state index in [1.54, 1.807) is 12.1 Å². The maximum atomic E-state index is 12.8. The molecule has 146 valence electrons. The average molecular weight is 389 g/mol. The Morgan fingerprint density at radius 1 is 1.10 bits per heavy atom. The fraction of sp³-hybridized carbons (Fsp3) is 0.200. The molecular weight excluding hydrogens is 370 g/mol. The Balaban J connectivity index is 1.59. The van der Waals surface area contributed by atoms with E-state index in [4.69, 9.17) is 0 Å². The third-order valence-corrected chi connectivity index (χ3v) is 4.69. The molecule has 2 amide bonds. The summed E-state index contributed by atoms with van der Waals surface area (Å²) in [5.41, 5.74) is 4.17. The van der Waals surface area contributed by atoms with Crippen molar-refractivity contribution in [2.45, 2.75) is 26.7 Å². The lowest BCUT2D eigenvalue weighted by molar-refractivity contribution is -0.118. The number of anilines is 2. The maximum Gasteiger partial charge on any atom is 0.271 e. The number of tetrazole rings is 1. The topological polar surface area (TPSA) is 105 Å². The van der Waals surface area contributed by atoms with Crippen LogP contribution in [0.3, 0.4) is 0 Å². The summed E-state index contributed by atoms with van der Waals surface area (Å²) >= 11 is 0. The Morgan fingerprint density at radius 3 is 2.69 bits per heavy atom. The highest BCUT2D eigenvalue weighted by Gasteiger charge is 2.26. The van der Waals surface area contributed by atoms with E-state index in [9.17, 15) is 9.59 Å². The molecular formula is C20H19N7O2. The fourth-order valence-electron chi connectivity index (χ4n) is 3.15. The Morgan fingerprint density at radius 2 is 1.93 bits per heavy atom. The molecule has 4 rings (SSSR count). The first-order valence-electron chi connectivity index (χ1n) is 9.14. The second kappa shape index (κ2) is 7.63. The van der Waals surface area contributed by atoms with Gasteiger partial charge >= 0.3 is 0 Å². The molecule has 0 fully saturated rings. The van der Waals surface area contributed by atoms with Gasteiger partial charge < -0.3 is 5.32 Å². The van der Waals surface area contributed by atoms with E-state index >= 15 is 0 Å². The first-order chi connectivity index (χ1) is 14.0. The van der Waals surface area contributed by atoms with Crippen LogP contribution >= 0.6 is 0 Å². The number of hydrogen-bond acceptors (Lipinski definition) is 6. The minimum Gasteiger partial charge on any atom is -0.321 e. The van der Waals surface area contributed by atoms with Crippen LogP contribution < -0.4 is 10.3 Å². The van der Waals surface area contributed by atoms with Gasteiger partial charge in [-0.1, -0.05) is 18.2 Å². The van der Waals surface area contributed by atoms with Crippen molar-refractivity contribution in [2.24, 2.45) is 5.10 Å². The van der Waals surface area contributed by atoms with E-state index in [1.165, 1.54) is 16.0 Å². The Hall–Kier alpha value is -3.88. The number of aromatic nitrogens is 4. The predicted octanol–water partition coefficient (Wildman–Crippen LogP) is 2.40. The molecule has 1 aliphatic heterocycles. The van der Waals surface area contributed by atoms with Gasteiger partial charge in [0, 0.05) is 18.5 Å². The van der Waals surface area contributed by atoms with Crippen molar-refractivity contribution in [2.75, 3.05) is 10.3 Å².